The molecule has 0 bridgehead atoms. The highest BCUT2D eigenvalue weighted by atomic mass is 33.1. The van der Waals surface area contributed by atoms with Gasteiger partial charge < -0.3 is 5.11 Å². The van der Waals surface area contributed by atoms with Crippen LogP contribution in [-0.4, -0.2) is 44.8 Å². The Morgan fingerprint density at radius 1 is 1.37 bits per heavy atom. The van der Waals surface area contributed by atoms with Crippen LogP contribution in [0, 0.1) is 0 Å². The fourth-order valence-electron chi connectivity index (χ4n) is 2.41. The average Bonchev–Trinajstić information content (AvgIpc) is 2.97. The van der Waals surface area contributed by atoms with Crippen LogP contribution in [0.25, 0.3) is 0 Å². The normalized spacial score (nSPS) is 25.1. The number of hydrogen-bond acceptors (Lipinski definition) is 5. The van der Waals surface area contributed by atoms with Crippen molar-refractivity contribution < 1.29 is 19.5 Å². The number of carboxylic acids is 1. The van der Waals surface area contributed by atoms with E-state index in [4.69, 9.17) is 0 Å². The molecule has 0 aliphatic carbocycles. The van der Waals surface area contributed by atoms with Crippen LogP contribution in [-0.2, 0) is 14.4 Å². The van der Waals surface area contributed by atoms with Crippen LogP contribution >= 0.6 is 21.6 Å². The number of carbonyl (C=O) groups excluding carboxylic acids is 2. The van der Waals surface area contributed by atoms with Crippen LogP contribution in [0.2, 0.25) is 0 Å². The van der Waals surface area contributed by atoms with E-state index in [1.54, 1.807) is 0 Å². The number of likely N-dealkylation sites (tertiary alicyclic amines) is 1. The molecule has 2 saturated heterocycles. The van der Waals surface area contributed by atoms with Gasteiger partial charge >= 0.3 is 5.97 Å². The van der Waals surface area contributed by atoms with Crippen LogP contribution in [0.3, 0.4) is 0 Å². The molecule has 19 heavy (non-hydrogen) atoms. The quantitative estimate of drug-likeness (QED) is 0.597. The highest BCUT2D eigenvalue weighted by Crippen LogP contribution is 2.40. The molecule has 2 aliphatic heterocycles. The molecule has 2 fully saturated rings. The van der Waals surface area contributed by atoms with Crippen molar-refractivity contribution in [2.45, 2.75) is 49.8 Å². The van der Waals surface area contributed by atoms with Crippen LogP contribution in [0.1, 0.15) is 38.5 Å². The molecule has 7 heteroatoms. The summed E-state index contributed by atoms with van der Waals surface area (Å²) in [6, 6.07) is -0.971. The standard InChI is InChI=1S/C12H17NO4S2/c14-10-4-5-11(15)13(10)9(12(16)17)3-1-2-8-6-7-18-19-8/h8-9H,1-7H2,(H,16,17). The van der Waals surface area contributed by atoms with Gasteiger partial charge in [0, 0.05) is 23.8 Å². The smallest absolute Gasteiger partial charge is 0.326 e. The maximum Gasteiger partial charge on any atom is 0.326 e. The molecule has 2 rings (SSSR count). The van der Waals surface area contributed by atoms with Gasteiger partial charge in [0.2, 0.25) is 11.8 Å². The first-order chi connectivity index (χ1) is 9.09. The summed E-state index contributed by atoms with van der Waals surface area (Å²) in [5, 5.41) is 9.79. The molecule has 106 valence electrons. The number of nitrogens with zero attached hydrogens (tertiary/aromatic N) is 1. The summed E-state index contributed by atoms with van der Waals surface area (Å²) in [5.74, 6) is -0.607. The lowest BCUT2D eigenvalue weighted by Gasteiger charge is -2.22. The zero-order valence-electron chi connectivity index (χ0n) is 10.5. The Balaban J connectivity index is 1.87. The minimum atomic E-state index is -1.07. The molecule has 0 radical (unpaired) electrons. The third-order valence-corrected chi connectivity index (χ3v) is 6.42. The second-order valence-corrected chi connectivity index (χ2v) is 7.56. The lowest BCUT2D eigenvalue weighted by molar-refractivity contribution is -0.154. The van der Waals surface area contributed by atoms with Crippen molar-refractivity contribution in [1.29, 1.82) is 0 Å². The van der Waals surface area contributed by atoms with Crippen LogP contribution < -0.4 is 0 Å². The summed E-state index contributed by atoms with van der Waals surface area (Å²) >= 11 is 0. The van der Waals surface area contributed by atoms with Gasteiger partial charge in [-0.1, -0.05) is 21.6 Å². The average molecular weight is 303 g/mol. The van der Waals surface area contributed by atoms with E-state index in [0.29, 0.717) is 11.7 Å². The van der Waals surface area contributed by atoms with Crippen LogP contribution in [0.5, 0.6) is 0 Å². The molecule has 0 aromatic rings. The fraction of sp³-hybridized carbons (Fsp3) is 0.750. The Labute approximate surface area is 119 Å². The summed E-state index contributed by atoms with van der Waals surface area (Å²) in [6.07, 6.45) is 3.53. The van der Waals surface area contributed by atoms with E-state index >= 15 is 0 Å². The van der Waals surface area contributed by atoms with Gasteiger partial charge in [-0.15, -0.1) is 0 Å². The van der Waals surface area contributed by atoms with Crippen molar-refractivity contribution >= 4 is 39.4 Å². The first kappa shape index (κ1) is 14.7. The molecule has 0 aromatic heterocycles. The Bertz CT molecular complexity index is 366. The summed E-state index contributed by atoms with van der Waals surface area (Å²) in [6.45, 7) is 0. The largest absolute Gasteiger partial charge is 0.480 e. The van der Waals surface area contributed by atoms with Crippen molar-refractivity contribution in [3.05, 3.63) is 0 Å². The van der Waals surface area contributed by atoms with E-state index in [2.05, 4.69) is 0 Å². The van der Waals surface area contributed by atoms with Gasteiger partial charge in [-0.25, -0.2) is 4.79 Å². The predicted octanol–water partition coefficient (Wildman–Crippen LogP) is 1.91. The van der Waals surface area contributed by atoms with Gasteiger partial charge in [0.1, 0.15) is 6.04 Å². The summed E-state index contributed by atoms with van der Waals surface area (Å²) < 4.78 is 0. The number of amides is 2. The number of imide groups is 1. The first-order valence-corrected chi connectivity index (χ1v) is 8.84. The van der Waals surface area contributed by atoms with Gasteiger partial charge in [0.05, 0.1) is 0 Å². The lowest BCUT2D eigenvalue weighted by atomic mass is 10.1. The third-order valence-electron chi connectivity index (χ3n) is 3.42. The zero-order valence-corrected chi connectivity index (χ0v) is 12.2. The first-order valence-electron chi connectivity index (χ1n) is 6.45. The van der Waals surface area contributed by atoms with Crippen molar-refractivity contribution in [3.8, 4) is 0 Å². The Hall–Kier alpha value is -0.690. The van der Waals surface area contributed by atoms with Crippen LogP contribution in [0.4, 0.5) is 0 Å². The number of aliphatic carboxylic acids is 1. The Morgan fingerprint density at radius 3 is 2.58 bits per heavy atom. The molecule has 2 heterocycles. The molecule has 2 aliphatic rings. The summed E-state index contributed by atoms with van der Waals surface area (Å²) in [5.41, 5.74) is 0. The number of hydrogen-bond donors (Lipinski definition) is 1. The summed E-state index contributed by atoms with van der Waals surface area (Å²) in [7, 11) is 3.71. The maximum atomic E-state index is 11.6. The van der Waals surface area contributed by atoms with Crippen molar-refractivity contribution in [1.82, 2.24) is 4.90 Å². The fourth-order valence-corrected chi connectivity index (χ4v) is 5.44. The van der Waals surface area contributed by atoms with E-state index in [1.165, 1.54) is 0 Å². The van der Waals surface area contributed by atoms with Crippen LogP contribution in [0.15, 0.2) is 0 Å². The third kappa shape index (κ3) is 3.66. The molecular formula is C12H17NO4S2. The monoisotopic (exact) mass is 303 g/mol. The van der Waals surface area contributed by atoms with E-state index in [0.717, 1.165) is 29.9 Å². The van der Waals surface area contributed by atoms with E-state index in [1.807, 2.05) is 21.6 Å². The Kier molecular flexibility index (Phi) is 5.15. The maximum absolute atomic E-state index is 11.6. The summed E-state index contributed by atoms with van der Waals surface area (Å²) in [4.78, 5) is 35.4. The van der Waals surface area contributed by atoms with E-state index in [-0.39, 0.29) is 24.7 Å². The highest BCUT2D eigenvalue weighted by molar-refractivity contribution is 8.77. The molecule has 0 saturated carbocycles. The number of rotatable bonds is 6. The molecule has 0 spiro atoms. The molecule has 2 amide bonds. The number of carbonyl (C=O) groups is 3. The SMILES string of the molecule is O=C(O)C(CCCC1CCSS1)N1C(=O)CCC1=O. The van der Waals surface area contributed by atoms with Gasteiger partial charge in [-0.2, -0.15) is 0 Å². The molecule has 1 N–H and O–H groups in total. The molecule has 2 unspecified atom stereocenters. The Morgan fingerprint density at radius 2 is 2.05 bits per heavy atom. The van der Waals surface area contributed by atoms with Crippen molar-refractivity contribution in [3.63, 3.8) is 0 Å². The lowest BCUT2D eigenvalue weighted by Crippen LogP contribution is -2.44. The molecule has 0 aromatic carbocycles. The second kappa shape index (κ2) is 6.65. The molecule has 5 nitrogen and oxygen atoms in total. The van der Waals surface area contributed by atoms with E-state index in [9.17, 15) is 19.5 Å². The number of carboxylic acid groups (broad SMARTS) is 1. The topological polar surface area (TPSA) is 74.7 Å². The predicted molar refractivity (Wildman–Crippen MR) is 74.8 cm³/mol. The molecular weight excluding hydrogens is 286 g/mol. The van der Waals surface area contributed by atoms with Crippen molar-refractivity contribution in [2.75, 3.05) is 5.75 Å². The minimum absolute atomic E-state index is 0.151. The zero-order chi connectivity index (χ0) is 13.8. The van der Waals surface area contributed by atoms with Gasteiger partial charge in [0.25, 0.3) is 0 Å². The van der Waals surface area contributed by atoms with Crippen molar-refractivity contribution in [2.24, 2.45) is 0 Å². The molecule has 2 atom stereocenters. The second-order valence-electron chi connectivity index (χ2n) is 4.77. The van der Waals surface area contributed by atoms with E-state index < -0.39 is 12.0 Å². The van der Waals surface area contributed by atoms with Gasteiger partial charge in [0.15, 0.2) is 0 Å². The van der Waals surface area contributed by atoms with Gasteiger partial charge in [-0.3, -0.25) is 14.5 Å². The highest BCUT2D eigenvalue weighted by Gasteiger charge is 2.38. The minimum Gasteiger partial charge on any atom is -0.480 e. The van der Waals surface area contributed by atoms with Gasteiger partial charge in [-0.05, 0) is 25.7 Å².